The zero-order valence-corrected chi connectivity index (χ0v) is 16.7. The fourth-order valence-electron chi connectivity index (χ4n) is 3.23. The van der Waals surface area contributed by atoms with Gasteiger partial charge in [0.2, 0.25) is 0 Å². The van der Waals surface area contributed by atoms with Crippen molar-refractivity contribution in [1.29, 1.82) is 0 Å². The molecular weight excluding hydrogens is 328 g/mol. The van der Waals surface area contributed by atoms with Crippen LogP contribution in [0.5, 0.6) is 0 Å². The predicted molar refractivity (Wildman–Crippen MR) is 116 cm³/mol. The van der Waals surface area contributed by atoms with Gasteiger partial charge in [-0.05, 0) is 29.5 Å². The molecule has 0 fully saturated rings. The minimum absolute atomic E-state index is 0.729. The third-order valence-electron chi connectivity index (χ3n) is 4.57. The third kappa shape index (κ3) is 4.83. The first-order valence-corrected chi connectivity index (χ1v) is 11.0. The molecule has 26 heavy (non-hydrogen) atoms. The number of rotatable bonds is 7. The van der Waals surface area contributed by atoms with Gasteiger partial charge in [-0.3, -0.25) is 0 Å². The van der Waals surface area contributed by atoms with Gasteiger partial charge in [0.25, 0.3) is 0 Å². The van der Waals surface area contributed by atoms with Gasteiger partial charge in [0.05, 0.1) is 0 Å². The van der Waals surface area contributed by atoms with E-state index >= 15 is 0 Å². The normalized spacial score (nSPS) is 11.9. The highest BCUT2D eigenvalue weighted by Crippen LogP contribution is 2.20. The molecule has 0 aromatic heterocycles. The van der Waals surface area contributed by atoms with Crippen LogP contribution in [0.3, 0.4) is 0 Å². The Labute approximate surface area is 159 Å². The Morgan fingerprint density at radius 2 is 1.19 bits per heavy atom. The van der Waals surface area contributed by atoms with Gasteiger partial charge in [-0.2, -0.15) is 0 Å². The van der Waals surface area contributed by atoms with Crippen LogP contribution in [0.1, 0.15) is 32.3 Å². The lowest BCUT2D eigenvalue weighted by Gasteiger charge is -2.21. The summed E-state index contributed by atoms with van der Waals surface area (Å²) in [5.41, 5.74) is 1.36. The van der Waals surface area contributed by atoms with Crippen molar-refractivity contribution in [1.82, 2.24) is 0 Å². The van der Waals surface area contributed by atoms with Crippen LogP contribution in [-0.2, 0) is 0 Å². The summed E-state index contributed by atoms with van der Waals surface area (Å²) in [5, 5.41) is 4.40. The molecule has 0 atom stereocenters. The zero-order valence-electron chi connectivity index (χ0n) is 15.7. The standard InChI is InChI=1S/C25H27Si/c1-21(2)13-12-20-25(22-14-6-3-7-15-22)26(23-16-8-4-9-17-23)24-18-10-5-11-19-24/h3-11,14-21H,12-13H2,1-2H3/b25-20+. The molecule has 0 amide bonds. The Hall–Kier alpha value is -2.38. The summed E-state index contributed by atoms with van der Waals surface area (Å²) in [7, 11) is -1.03. The van der Waals surface area contributed by atoms with Crippen LogP contribution in [0.2, 0.25) is 0 Å². The van der Waals surface area contributed by atoms with E-state index in [0.29, 0.717) is 0 Å². The van der Waals surface area contributed by atoms with Crippen LogP contribution in [0.15, 0.2) is 97.1 Å². The molecule has 0 saturated carbocycles. The molecule has 131 valence electrons. The smallest absolute Gasteiger partial charge is 0.0841 e. The van der Waals surface area contributed by atoms with E-state index in [1.807, 2.05) is 0 Å². The maximum absolute atomic E-state index is 2.50. The van der Waals surface area contributed by atoms with E-state index in [2.05, 4.69) is 111 Å². The number of allylic oxidation sites excluding steroid dienone is 1. The average Bonchev–Trinajstić information content (AvgIpc) is 2.69. The Balaban J connectivity index is 2.09. The lowest BCUT2D eigenvalue weighted by Crippen LogP contribution is -2.43. The van der Waals surface area contributed by atoms with Gasteiger partial charge in [0, 0.05) is 0 Å². The molecule has 3 aromatic carbocycles. The summed E-state index contributed by atoms with van der Waals surface area (Å²) < 4.78 is 0. The molecule has 3 rings (SSSR count). The Bertz CT molecular complexity index is 765. The summed E-state index contributed by atoms with van der Waals surface area (Å²) >= 11 is 0. The van der Waals surface area contributed by atoms with Gasteiger partial charge in [-0.25, -0.2) is 0 Å². The molecule has 0 aliphatic heterocycles. The summed E-state index contributed by atoms with van der Waals surface area (Å²) in [5.74, 6) is 0.729. The second kappa shape index (κ2) is 9.35. The predicted octanol–water partition coefficient (Wildman–Crippen LogP) is 5.35. The highest BCUT2D eigenvalue weighted by atomic mass is 28.3. The van der Waals surface area contributed by atoms with Crippen LogP contribution >= 0.6 is 0 Å². The first kappa shape index (κ1) is 18.4. The van der Waals surface area contributed by atoms with Gasteiger partial charge in [0.1, 0.15) is 0 Å². The molecule has 0 heterocycles. The van der Waals surface area contributed by atoms with E-state index in [-0.39, 0.29) is 0 Å². The number of benzene rings is 3. The molecule has 0 bridgehead atoms. The van der Waals surface area contributed by atoms with Crippen molar-refractivity contribution < 1.29 is 0 Å². The topological polar surface area (TPSA) is 0 Å². The molecule has 0 aliphatic carbocycles. The van der Waals surface area contributed by atoms with Crippen LogP contribution in [0.4, 0.5) is 0 Å². The Kier molecular flexibility index (Phi) is 6.62. The molecule has 0 spiro atoms. The monoisotopic (exact) mass is 355 g/mol. The van der Waals surface area contributed by atoms with Crippen molar-refractivity contribution in [2.24, 2.45) is 5.92 Å². The van der Waals surface area contributed by atoms with Crippen LogP contribution in [0, 0.1) is 5.92 Å². The molecule has 0 nitrogen and oxygen atoms in total. The molecule has 0 unspecified atom stereocenters. The molecule has 3 aromatic rings. The maximum atomic E-state index is 2.50. The summed E-state index contributed by atoms with van der Waals surface area (Å²) in [6, 6.07) is 33.0. The average molecular weight is 356 g/mol. The van der Waals surface area contributed by atoms with Crippen LogP contribution in [0.25, 0.3) is 5.20 Å². The van der Waals surface area contributed by atoms with Gasteiger partial charge in [-0.1, -0.05) is 121 Å². The fraction of sp³-hybridized carbons (Fsp3) is 0.200. The van der Waals surface area contributed by atoms with E-state index in [1.165, 1.54) is 27.6 Å². The highest BCUT2D eigenvalue weighted by molar-refractivity contribution is 6.99. The minimum atomic E-state index is -1.03. The Morgan fingerprint density at radius 1 is 0.731 bits per heavy atom. The van der Waals surface area contributed by atoms with E-state index in [4.69, 9.17) is 0 Å². The van der Waals surface area contributed by atoms with Crippen LogP contribution in [-0.4, -0.2) is 8.80 Å². The quantitative estimate of drug-likeness (QED) is 0.501. The zero-order chi connectivity index (χ0) is 18.2. The van der Waals surface area contributed by atoms with E-state index in [9.17, 15) is 0 Å². The molecular formula is C25H27Si. The van der Waals surface area contributed by atoms with Crippen LogP contribution < -0.4 is 10.4 Å². The number of hydrogen-bond donors (Lipinski definition) is 0. The van der Waals surface area contributed by atoms with E-state index in [1.54, 1.807) is 0 Å². The van der Waals surface area contributed by atoms with Gasteiger partial charge in [-0.15, -0.1) is 0 Å². The summed E-state index contributed by atoms with van der Waals surface area (Å²) in [4.78, 5) is 0. The lowest BCUT2D eigenvalue weighted by atomic mass is 10.1. The van der Waals surface area contributed by atoms with Gasteiger partial charge >= 0.3 is 0 Å². The summed E-state index contributed by atoms with van der Waals surface area (Å²) in [6.07, 6.45) is 4.87. The van der Waals surface area contributed by atoms with Crippen molar-refractivity contribution >= 4 is 24.4 Å². The molecule has 0 N–H and O–H groups in total. The highest BCUT2D eigenvalue weighted by Gasteiger charge is 2.22. The molecule has 0 aliphatic rings. The second-order valence-corrected chi connectivity index (χ2v) is 9.51. The SMILES string of the molecule is CC(C)CC/C=C(\c1ccccc1)[Si](c1ccccc1)c1ccccc1. The van der Waals surface area contributed by atoms with E-state index in [0.717, 1.165) is 12.3 Å². The largest absolute Gasteiger partial charge is 0.154 e. The number of hydrogen-bond acceptors (Lipinski definition) is 0. The van der Waals surface area contributed by atoms with Crippen molar-refractivity contribution in [2.45, 2.75) is 26.7 Å². The van der Waals surface area contributed by atoms with Gasteiger partial charge in [0.15, 0.2) is 8.80 Å². The van der Waals surface area contributed by atoms with Crippen molar-refractivity contribution in [3.8, 4) is 0 Å². The minimum Gasteiger partial charge on any atom is -0.0841 e. The fourth-order valence-corrected chi connectivity index (χ4v) is 6.04. The molecule has 1 heteroatoms. The maximum Gasteiger partial charge on any atom is 0.154 e. The molecule has 0 saturated heterocycles. The third-order valence-corrected chi connectivity index (χ3v) is 7.42. The molecule has 1 radical (unpaired) electrons. The summed E-state index contributed by atoms with van der Waals surface area (Å²) in [6.45, 7) is 4.60. The Morgan fingerprint density at radius 3 is 1.65 bits per heavy atom. The van der Waals surface area contributed by atoms with Crippen molar-refractivity contribution in [3.05, 3.63) is 103 Å². The first-order valence-electron chi connectivity index (χ1n) is 9.49. The first-order chi connectivity index (χ1) is 12.8. The second-order valence-electron chi connectivity index (χ2n) is 7.06. The van der Waals surface area contributed by atoms with E-state index < -0.39 is 8.80 Å². The van der Waals surface area contributed by atoms with Crippen molar-refractivity contribution in [3.63, 3.8) is 0 Å². The lowest BCUT2D eigenvalue weighted by molar-refractivity contribution is 0.595. The van der Waals surface area contributed by atoms with Gasteiger partial charge < -0.3 is 0 Å². The van der Waals surface area contributed by atoms with Crippen molar-refractivity contribution in [2.75, 3.05) is 0 Å².